The van der Waals surface area contributed by atoms with Gasteiger partial charge < -0.3 is 14.8 Å². The third-order valence-corrected chi connectivity index (χ3v) is 3.72. The van der Waals surface area contributed by atoms with Crippen LogP contribution in [0.1, 0.15) is 46.6 Å². The molecule has 1 aromatic rings. The van der Waals surface area contributed by atoms with Gasteiger partial charge in [0.25, 0.3) is 0 Å². The van der Waals surface area contributed by atoms with Gasteiger partial charge in [0.15, 0.2) is 11.5 Å². The third kappa shape index (κ3) is 5.04. The minimum atomic E-state index is 0.151. The maximum Gasteiger partial charge on any atom is 0.161 e. The van der Waals surface area contributed by atoms with Gasteiger partial charge in [-0.05, 0) is 44.4 Å². The topological polar surface area (TPSA) is 30.5 Å². The molecule has 0 spiro atoms. The summed E-state index contributed by atoms with van der Waals surface area (Å²) in [6.07, 6.45) is 1.34. The summed E-state index contributed by atoms with van der Waals surface area (Å²) < 4.78 is 11.1. The Morgan fingerprint density at radius 3 is 2.35 bits per heavy atom. The fraction of sp³-hybridized carbons (Fsp3) is 0.647. The van der Waals surface area contributed by atoms with Gasteiger partial charge in [-0.15, -0.1) is 0 Å². The zero-order valence-corrected chi connectivity index (χ0v) is 13.7. The van der Waals surface area contributed by atoms with Gasteiger partial charge in [-0.3, -0.25) is 0 Å². The van der Waals surface area contributed by atoms with Crippen LogP contribution in [0.2, 0.25) is 0 Å². The fourth-order valence-electron chi connectivity index (χ4n) is 2.01. The lowest BCUT2D eigenvalue weighted by atomic mass is 10.0. The highest BCUT2D eigenvalue weighted by Gasteiger charge is 2.11. The highest BCUT2D eigenvalue weighted by Crippen LogP contribution is 2.29. The number of rotatable bonds is 8. The van der Waals surface area contributed by atoms with Crippen molar-refractivity contribution in [3.05, 3.63) is 23.8 Å². The van der Waals surface area contributed by atoms with E-state index in [4.69, 9.17) is 9.47 Å². The first-order valence-corrected chi connectivity index (χ1v) is 7.54. The van der Waals surface area contributed by atoms with Crippen LogP contribution < -0.4 is 14.8 Å². The summed E-state index contributed by atoms with van der Waals surface area (Å²) >= 11 is 0. The van der Waals surface area contributed by atoms with Crippen molar-refractivity contribution in [2.45, 2.75) is 59.7 Å². The average Bonchev–Trinajstić information content (AvgIpc) is 2.44. The minimum Gasteiger partial charge on any atom is -0.493 e. The summed E-state index contributed by atoms with van der Waals surface area (Å²) in [5, 5.41) is 3.56. The smallest absolute Gasteiger partial charge is 0.161 e. The quantitative estimate of drug-likeness (QED) is 0.780. The maximum absolute atomic E-state index is 5.73. The largest absolute Gasteiger partial charge is 0.493 e. The van der Waals surface area contributed by atoms with Crippen LogP contribution in [0.5, 0.6) is 11.5 Å². The monoisotopic (exact) mass is 279 g/mol. The molecule has 0 fully saturated rings. The van der Waals surface area contributed by atoms with Crippen molar-refractivity contribution >= 4 is 0 Å². The molecule has 20 heavy (non-hydrogen) atoms. The SMILES string of the molecule is CCC(C)C(C)NCc1ccc(OC(C)C)c(OC)c1. The van der Waals surface area contributed by atoms with E-state index >= 15 is 0 Å². The lowest BCUT2D eigenvalue weighted by Gasteiger charge is -2.20. The molecule has 3 heteroatoms. The Bertz CT molecular complexity index is 404. The van der Waals surface area contributed by atoms with Crippen LogP contribution in [0, 0.1) is 5.92 Å². The van der Waals surface area contributed by atoms with Gasteiger partial charge in [-0.25, -0.2) is 0 Å². The maximum atomic E-state index is 5.73. The summed E-state index contributed by atoms with van der Waals surface area (Å²) in [6, 6.07) is 6.64. The second-order valence-corrected chi connectivity index (χ2v) is 5.71. The van der Waals surface area contributed by atoms with Crippen molar-refractivity contribution in [2.75, 3.05) is 7.11 Å². The molecular weight excluding hydrogens is 250 g/mol. The Kier molecular flexibility index (Phi) is 6.86. The van der Waals surface area contributed by atoms with Gasteiger partial charge in [-0.1, -0.05) is 26.3 Å². The molecule has 2 atom stereocenters. The molecule has 0 aliphatic rings. The Hall–Kier alpha value is -1.22. The first kappa shape index (κ1) is 16.8. The van der Waals surface area contributed by atoms with Crippen LogP contribution in [0.3, 0.4) is 0 Å². The van der Waals surface area contributed by atoms with E-state index in [1.54, 1.807) is 7.11 Å². The number of methoxy groups -OCH3 is 1. The van der Waals surface area contributed by atoms with Crippen LogP contribution in [0.4, 0.5) is 0 Å². The van der Waals surface area contributed by atoms with Gasteiger partial charge in [0.05, 0.1) is 13.2 Å². The van der Waals surface area contributed by atoms with Crippen molar-refractivity contribution in [1.82, 2.24) is 5.32 Å². The van der Waals surface area contributed by atoms with E-state index in [1.165, 1.54) is 12.0 Å². The first-order valence-electron chi connectivity index (χ1n) is 7.54. The van der Waals surface area contributed by atoms with Gasteiger partial charge in [0, 0.05) is 12.6 Å². The molecule has 0 saturated heterocycles. The van der Waals surface area contributed by atoms with Gasteiger partial charge in [0.2, 0.25) is 0 Å². The summed E-state index contributed by atoms with van der Waals surface area (Å²) in [5.74, 6) is 2.29. The molecule has 2 unspecified atom stereocenters. The van der Waals surface area contributed by atoms with Crippen LogP contribution in [0.25, 0.3) is 0 Å². The Morgan fingerprint density at radius 1 is 1.10 bits per heavy atom. The number of hydrogen-bond acceptors (Lipinski definition) is 3. The number of ether oxygens (including phenoxy) is 2. The predicted octanol–water partition coefficient (Wildman–Crippen LogP) is 4.01. The molecule has 0 aliphatic carbocycles. The van der Waals surface area contributed by atoms with E-state index in [0.29, 0.717) is 12.0 Å². The first-order chi connectivity index (χ1) is 9.47. The molecule has 0 aromatic heterocycles. The van der Waals surface area contributed by atoms with E-state index in [1.807, 2.05) is 26.0 Å². The molecule has 114 valence electrons. The standard InChI is InChI=1S/C17H29NO2/c1-7-13(4)14(5)18-11-15-8-9-16(20-12(2)3)17(10-15)19-6/h8-10,12-14,18H,7,11H2,1-6H3. The zero-order valence-electron chi connectivity index (χ0n) is 13.7. The lowest BCUT2D eigenvalue weighted by molar-refractivity contribution is 0.230. The Labute approximate surface area is 123 Å². The number of benzene rings is 1. The summed E-state index contributed by atoms with van der Waals surface area (Å²) in [7, 11) is 1.68. The highest BCUT2D eigenvalue weighted by atomic mass is 16.5. The van der Waals surface area contributed by atoms with E-state index in [-0.39, 0.29) is 6.10 Å². The average molecular weight is 279 g/mol. The predicted molar refractivity (Wildman–Crippen MR) is 84.5 cm³/mol. The molecule has 0 bridgehead atoms. The van der Waals surface area contributed by atoms with Crippen molar-refractivity contribution in [2.24, 2.45) is 5.92 Å². The molecule has 3 nitrogen and oxygen atoms in total. The third-order valence-electron chi connectivity index (χ3n) is 3.72. The van der Waals surface area contributed by atoms with Gasteiger partial charge in [-0.2, -0.15) is 0 Å². The molecule has 1 rings (SSSR count). The molecule has 0 saturated carbocycles. The Balaban J connectivity index is 2.68. The van der Waals surface area contributed by atoms with Gasteiger partial charge >= 0.3 is 0 Å². The van der Waals surface area contributed by atoms with Crippen LogP contribution in [-0.2, 0) is 6.54 Å². The second-order valence-electron chi connectivity index (χ2n) is 5.71. The molecular formula is C17H29NO2. The van der Waals surface area contributed by atoms with Crippen molar-refractivity contribution < 1.29 is 9.47 Å². The van der Waals surface area contributed by atoms with Crippen molar-refractivity contribution in [1.29, 1.82) is 0 Å². The van der Waals surface area contributed by atoms with Crippen molar-refractivity contribution in [3.8, 4) is 11.5 Å². The number of hydrogen-bond donors (Lipinski definition) is 1. The van der Waals surface area contributed by atoms with E-state index < -0.39 is 0 Å². The fourth-order valence-corrected chi connectivity index (χ4v) is 2.01. The second kappa shape index (κ2) is 8.15. The molecule has 0 aliphatic heterocycles. The minimum absolute atomic E-state index is 0.151. The van der Waals surface area contributed by atoms with E-state index in [0.717, 1.165) is 18.0 Å². The normalized spacial score (nSPS) is 14.2. The van der Waals surface area contributed by atoms with Crippen LogP contribution in [0.15, 0.2) is 18.2 Å². The molecule has 0 amide bonds. The highest BCUT2D eigenvalue weighted by molar-refractivity contribution is 5.43. The van der Waals surface area contributed by atoms with Crippen LogP contribution >= 0.6 is 0 Å². The lowest BCUT2D eigenvalue weighted by Crippen LogP contribution is -2.31. The molecule has 1 N–H and O–H groups in total. The van der Waals surface area contributed by atoms with Crippen LogP contribution in [-0.4, -0.2) is 19.3 Å². The Morgan fingerprint density at radius 2 is 1.80 bits per heavy atom. The van der Waals surface area contributed by atoms with Gasteiger partial charge in [0.1, 0.15) is 0 Å². The molecule has 0 radical (unpaired) electrons. The molecule has 0 heterocycles. The summed E-state index contributed by atoms with van der Waals surface area (Å²) in [6.45, 7) is 11.6. The van der Waals surface area contributed by atoms with E-state index in [2.05, 4.69) is 32.2 Å². The number of nitrogens with one attached hydrogen (secondary N) is 1. The summed E-state index contributed by atoms with van der Waals surface area (Å²) in [5.41, 5.74) is 1.22. The van der Waals surface area contributed by atoms with Crippen molar-refractivity contribution in [3.63, 3.8) is 0 Å². The summed E-state index contributed by atoms with van der Waals surface area (Å²) in [4.78, 5) is 0. The van der Waals surface area contributed by atoms with E-state index in [9.17, 15) is 0 Å². The zero-order chi connectivity index (χ0) is 15.1. The molecule has 1 aromatic carbocycles.